The number of allylic oxidation sites excluding steroid dienone is 2. The number of aliphatic hydroxyl groups excluding tert-OH is 2. The third-order valence-electron chi connectivity index (χ3n) is 22.5. The molecule has 462 valence electrons. The highest BCUT2D eigenvalue weighted by Crippen LogP contribution is 2.70. The molecule has 2 heterocycles. The molecule has 0 saturated heterocycles. The second-order valence-corrected chi connectivity index (χ2v) is 29.8. The van der Waals surface area contributed by atoms with Gasteiger partial charge in [-0.15, -0.1) is 12.6 Å². The molecule has 12 rings (SSSR count). The van der Waals surface area contributed by atoms with Crippen molar-refractivity contribution >= 4 is 88.1 Å². The van der Waals surface area contributed by atoms with Crippen molar-refractivity contribution in [1.29, 1.82) is 0 Å². The average molecular weight is 1250 g/mol. The fourth-order valence-corrected chi connectivity index (χ4v) is 20.1. The number of rotatable bonds is 15. The smallest absolute Gasteiger partial charge is 0.306 e. The Morgan fingerprint density at radius 2 is 1.20 bits per heavy atom. The van der Waals surface area contributed by atoms with Gasteiger partial charge in [0.05, 0.1) is 47.4 Å². The number of nitrogens with zero attached hydrogens (tertiary/aromatic N) is 4. The Balaban J connectivity index is 0.000000180. The molecule has 2 amide bonds. The van der Waals surface area contributed by atoms with Crippen LogP contribution in [-0.4, -0.2) is 129 Å². The van der Waals surface area contributed by atoms with Gasteiger partial charge in [0.2, 0.25) is 10.2 Å². The van der Waals surface area contributed by atoms with E-state index >= 15 is 0 Å². The Kier molecular flexibility index (Phi) is 17.7. The normalized spacial score (nSPS) is 34.3. The summed E-state index contributed by atoms with van der Waals surface area (Å²) in [6, 6.07) is 14.2. The molecule has 2 aromatic carbocycles. The van der Waals surface area contributed by atoms with Crippen molar-refractivity contribution < 1.29 is 48.4 Å². The van der Waals surface area contributed by atoms with Crippen LogP contribution in [-0.2, 0) is 32.0 Å². The molecule has 0 unspecified atom stereocenters. The SMILES string of the molecule is CCC(=O)O[C@]1(C(=O)SCF)CC[C@H]2[C@@H]3CCC4=Cc5c(cnn5-c5cccc(C(=O)NCCSC)c5)C[C@]4(C)[C@H]3[C@@H](O)C[C@@]21C.CSCCNC(=O)c1cccc(-n2ncc3c2C=C2CC[C@@H]4[C@H]([C@@H](O)C[C@@]5(C)[C@H]4CC[C@]5(O)C(=O)S)[C@@]2(C)C3)c1. The topological polar surface area (TPSA) is 215 Å². The van der Waals surface area contributed by atoms with Gasteiger partial charge >= 0.3 is 5.97 Å². The molecule has 8 aliphatic carbocycles. The van der Waals surface area contributed by atoms with Gasteiger partial charge in [0, 0.05) is 53.0 Å². The van der Waals surface area contributed by atoms with Gasteiger partial charge < -0.3 is 30.7 Å². The van der Waals surface area contributed by atoms with Gasteiger partial charge in [-0.1, -0.05) is 57.9 Å². The minimum absolute atomic E-state index is 0.0445. The van der Waals surface area contributed by atoms with Crippen LogP contribution in [0, 0.1) is 57.2 Å². The highest BCUT2D eigenvalue weighted by molar-refractivity contribution is 8.13. The molecule has 86 heavy (non-hydrogen) atoms. The number of nitrogens with one attached hydrogen (secondary N) is 2. The highest BCUT2D eigenvalue weighted by atomic mass is 32.2. The van der Waals surface area contributed by atoms with E-state index in [1.54, 1.807) is 30.4 Å². The van der Waals surface area contributed by atoms with Crippen molar-refractivity contribution in [3.63, 3.8) is 0 Å². The lowest BCUT2D eigenvalue weighted by molar-refractivity contribution is -0.196. The van der Waals surface area contributed by atoms with Gasteiger partial charge in [-0.05, 0) is 207 Å². The van der Waals surface area contributed by atoms with Crippen molar-refractivity contribution in [2.45, 2.75) is 141 Å². The molecule has 0 bridgehead atoms. The van der Waals surface area contributed by atoms with Gasteiger partial charge in [-0.2, -0.15) is 33.7 Å². The second-order valence-electron chi connectivity index (χ2n) is 26.5. The summed E-state index contributed by atoms with van der Waals surface area (Å²) in [7, 11) is 0. The number of benzene rings is 2. The maximum absolute atomic E-state index is 13.5. The Bertz CT molecular complexity index is 3390. The number of carbonyl (C=O) groups is 5. The standard InChI is InChI=1S/C35H44FN3O5S2.C31H39N3O4S2/c1-5-29(41)44-35(32(43)46-20-36)12-11-26-25-10-9-23-16-27-22(17-33(23,2)30(25)28(40)18-34(26,35)3)19-38-39(27)24-8-6-7-21(15-24)31(42)37-13-14-45-4;1-29-15-19-17-33-34(21-6-4-5-18(13-21)27(36)32-11-12-40-3)24(19)14-20(29)7-8-22-23-9-10-31(38,28(37)39)30(23,2)16-25(35)26(22)29/h6-8,15-16,19,25-26,28,30,40H,5,9-14,17-18,20H2,1-4H3,(H,37,42);4-6,13-14,17,22-23,25-26,35,38H,7-12,15-16H2,1-3H3,(H,32,36)(H,37,39)/t25-,26-,28-,30+,33-,34-,35-;22-,23-,25-,26+,29-,30-,31-/m00/s1. The lowest BCUT2D eigenvalue weighted by Gasteiger charge is -2.60. The predicted molar refractivity (Wildman–Crippen MR) is 340 cm³/mol. The largest absolute Gasteiger partial charge is 0.449 e. The number of alkyl halides is 1. The molecule has 4 aromatic rings. The minimum Gasteiger partial charge on any atom is -0.449 e. The first-order valence-corrected chi connectivity index (χ1v) is 34.9. The minimum atomic E-state index is -1.48. The molecule has 0 radical (unpaired) electrons. The van der Waals surface area contributed by atoms with E-state index < -0.39 is 56.4 Å². The Morgan fingerprint density at radius 3 is 1.66 bits per heavy atom. The molecule has 14 atom stereocenters. The van der Waals surface area contributed by atoms with Gasteiger partial charge in [-0.3, -0.25) is 24.0 Å². The maximum Gasteiger partial charge on any atom is 0.306 e. The lowest BCUT2D eigenvalue weighted by atomic mass is 9.45. The summed E-state index contributed by atoms with van der Waals surface area (Å²) in [6.45, 7) is 11.4. The van der Waals surface area contributed by atoms with Gasteiger partial charge in [-0.25, -0.2) is 13.8 Å². The third kappa shape index (κ3) is 10.3. The number of carbonyl (C=O) groups excluding carboxylic acids is 5. The van der Waals surface area contributed by atoms with E-state index in [0.29, 0.717) is 68.1 Å². The van der Waals surface area contributed by atoms with Crippen LogP contribution < -0.4 is 10.6 Å². The van der Waals surface area contributed by atoms with Crippen LogP contribution in [0.15, 0.2) is 72.1 Å². The fourth-order valence-electron chi connectivity index (χ4n) is 18.4. The van der Waals surface area contributed by atoms with Crippen LogP contribution in [0.2, 0.25) is 0 Å². The molecule has 0 spiro atoms. The molecule has 20 heteroatoms. The Hall–Kier alpha value is -4.70. The van der Waals surface area contributed by atoms with E-state index in [1.807, 2.05) is 96.6 Å². The number of thioether (sulfide) groups is 3. The van der Waals surface area contributed by atoms with Crippen molar-refractivity contribution in [3.05, 3.63) is 106 Å². The third-order valence-corrected chi connectivity index (χ3v) is 24.8. The van der Waals surface area contributed by atoms with Crippen LogP contribution in [0.3, 0.4) is 0 Å². The van der Waals surface area contributed by atoms with Gasteiger partial charge in [0.15, 0.2) is 5.60 Å². The summed E-state index contributed by atoms with van der Waals surface area (Å²) in [6.07, 6.45) is 19.1. The zero-order valence-corrected chi connectivity index (χ0v) is 53.7. The summed E-state index contributed by atoms with van der Waals surface area (Å²) in [5, 5.41) is 49.7. The van der Waals surface area contributed by atoms with E-state index in [4.69, 9.17) is 14.9 Å². The van der Waals surface area contributed by atoms with Crippen LogP contribution in [0.1, 0.15) is 148 Å². The fraction of sp³-hybridized carbons (Fsp3) is 0.591. The van der Waals surface area contributed by atoms with Gasteiger partial charge in [0.1, 0.15) is 11.6 Å². The van der Waals surface area contributed by atoms with Crippen molar-refractivity contribution in [1.82, 2.24) is 30.2 Å². The van der Waals surface area contributed by atoms with Crippen LogP contribution in [0.5, 0.6) is 0 Å². The summed E-state index contributed by atoms with van der Waals surface area (Å²) in [5.41, 5.74) is 4.84. The van der Waals surface area contributed by atoms with E-state index in [1.165, 1.54) is 11.1 Å². The summed E-state index contributed by atoms with van der Waals surface area (Å²) >= 11 is 8.03. The van der Waals surface area contributed by atoms with Crippen LogP contribution in [0.4, 0.5) is 4.39 Å². The Morgan fingerprint density at radius 1 is 0.721 bits per heavy atom. The zero-order valence-electron chi connectivity index (χ0n) is 50.4. The molecule has 0 aliphatic heterocycles. The molecule has 8 aliphatic rings. The number of ether oxygens (including phenoxy) is 1. The first-order valence-electron chi connectivity index (χ1n) is 30.6. The average Bonchev–Trinajstić information content (AvgIpc) is 1.38. The number of hydrogen-bond acceptors (Lipinski definition) is 14. The van der Waals surface area contributed by atoms with Crippen molar-refractivity contribution in [3.8, 4) is 11.4 Å². The lowest BCUT2D eigenvalue weighted by Crippen LogP contribution is -2.62. The number of thiol groups is 1. The molecule has 2 aromatic heterocycles. The number of amides is 2. The zero-order chi connectivity index (χ0) is 61.3. The predicted octanol–water partition coefficient (Wildman–Crippen LogP) is 10.3. The number of esters is 1. The van der Waals surface area contributed by atoms with E-state index in [9.17, 15) is 43.7 Å². The molecule has 5 N–H and O–H groups in total. The maximum atomic E-state index is 13.5. The Labute approximate surface area is 522 Å². The van der Waals surface area contributed by atoms with Crippen molar-refractivity contribution in [2.24, 2.45) is 57.2 Å². The first-order chi connectivity index (χ1) is 41.1. The molecular formula is C66H83FN6O9S4. The number of halogens is 1. The van der Waals surface area contributed by atoms with E-state index in [-0.39, 0.29) is 64.6 Å². The quantitative estimate of drug-likeness (QED) is 0.0371. The van der Waals surface area contributed by atoms with Gasteiger partial charge in [0.25, 0.3) is 11.8 Å². The number of aliphatic hydroxyl groups is 3. The van der Waals surface area contributed by atoms with E-state index in [2.05, 4.69) is 49.3 Å². The van der Waals surface area contributed by atoms with Crippen LogP contribution >= 0.6 is 47.9 Å². The first kappa shape index (κ1) is 62.9. The molecular weight excluding hydrogens is 1170 g/mol. The number of fused-ring (bicyclic) bond motifs is 12. The monoisotopic (exact) mass is 1250 g/mol. The highest BCUT2D eigenvalue weighted by Gasteiger charge is 2.71. The van der Waals surface area contributed by atoms with Crippen molar-refractivity contribution in [2.75, 3.05) is 43.1 Å². The van der Waals surface area contributed by atoms with Crippen LogP contribution in [0.25, 0.3) is 23.5 Å². The molecule has 6 saturated carbocycles. The number of hydrogen-bond donors (Lipinski definition) is 6. The summed E-state index contributed by atoms with van der Waals surface area (Å²) in [5.74, 6) is 1.66. The molecule has 6 fully saturated rings. The summed E-state index contributed by atoms with van der Waals surface area (Å²) < 4.78 is 23.3. The van der Waals surface area contributed by atoms with E-state index in [0.717, 1.165) is 90.3 Å². The molecule has 15 nitrogen and oxygen atoms in total. The number of aromatic nitrogens is 4. The second kappa shape index (κ2) is 24.3. The summed E-state index contributed by atoms with van der Waals surface area (Å²) in [4.78, 5) is 64.1.